The van der Waals surface area contributed by atoms with E-state index >= 15 is 0 Å². The van der Waals surface area contributed by atoms with Crippen LogP contribution in [-0.2, 0) is 13.0 Å². The normalized spacial score (nSPS) is 10.5. The summed E-state index contributed by atoms with van der Waals surface area (Å²) in [6.45, 7) is 2.69. The number of carbonyl (C=O) groups is 1. The monoisotopic (exact) mass is 262 g/mol. The average molecular weight is 262 g/mol. The highest BCUT2D eigenvalue weighted by Crippen LogP contribution is 2.22. The molecule has 4 nitrogen and oxygen atoms in total. The van der Waals surface area contributed by atoms with Gasteiger partial charge in [-0.05, 0) is 24.6 Å². The maximum atomic E-state index is 13.7. The first-order valence-electron chi connectivity index (χ1n) is 6.02. The first kappa shape index (κ1) is 13.3. The van der Waals surface area contributed by atoms with Crippen molar-refractivity contribution in [2.75, 3.05) is 7.11 Å². The van der Waals surface area contributed by atoms with Gasteiger partial charge in [0.1, 0.15) is 11.6 Å². The molecule has 100 valence electrons. The van der Waals surface area contributed by atoms with E-state index in [9.17, 15) is 9.18 Å². The Balaban J connectivity index is 2.24. The molecule has 0 unspecified atom stereocenters. The van der Waals surface area contributed by atoms with Crippen LogP contribution in [0.2, 0.25) is 0 Å². The number of rotatable bonds is 5. The van der Waals surface area contributed by atoms with Crippen molar-refractivity contribution in [1.82, 2.24) is 9.78 Å². The number of hydrogen-bond acceptors (Lipinski definition) is 3. The SMILES string of the molecule is CCn1cc(CC(=O)c2c(F)cccc2OC)cn1. The smallest absolute Gasteiger partial charge is 0.174 e. The number of halogens is 1. The molecule has 0 saturated heterocycles. The lowest BCUT2D eigenvalue weighted by Crippen LogP contribution is -2.08. The number of ether oxygens (including phenoxy) is 1. The molecule has 1 heterocycles. The van der Waals surface area contributed by atoms with E-state index < -0.39 is 5.82 Å². The fraction of sp³-hybridized carbons (Fsp3) is 0.286. The Hall–Kier alpha value is -2.17. The molecule has 19 heavy (non-hydrogen) atoms. The number of hydrogen-bond donors (Lipinski definition) is 0. The van der Waals surface area contributed by atoms with E-state index in [4.69, 9.17) is 4.74 Å². The number of aromatic nitrogens is 2. The van der Waals surface area contributed by atoms with Crippen molar-refractivity contribution in [1.29, 1.82) is 0 Å². The van der Waals surface area contributed by atoms with E-state index in [1.807, 2.05) is 6.92 Å². The number of ketones is 1. The summed E-state index contributed by atoms with van der Waals surface area (Å²) in [7, 11) is 1.42. The van der Waals surface area contributed by atoms with Crippen LogP contribution in [0, 0.1) is 5.82 Å². The summed E-state index contributed by atoms with van der Waals surface area (Å²) in [6.07, 6.45) is 3.51. The van der Waals surface area contributed by atoms with Gasteiger partial charge in [0.25, 0.3) is 0 Å². The van der Waals surface area contributed by atoms with Crippen LogP contribution in [0.25, 0.3) is 0 Å². The standard InChI is InChI=1S/C14H15FN2O2/c1-3-17-9-10(8-16-17)7-12(18)14-11(15)5-4-6-13(14)19-2/h4-6,8-9H,3,7H2,1-2H3. The van der Waals surface area contributed by atoms with E-state index in [0.717, 1.165) is 12.1 Å². The summed E-state index contributed by atoms with van der Waals surface area (Å²) in [5.74, 6) is -0.620. The molecule has 0 fully saturated rings. The number of Topliss-reactive ketones (excluding diaryl/α,β-unsaturated/α-hetero) is 1. The van der Waals surface area contributed by atoms with Crippen molar-refractivity contribution in [3.8, 4) is 5.75 Å². The molecule has 0 saturated carbocycles. The molecule has 2 aromatic rings. The zero-order valence-corrected chi connectivity index (χ0v) is 10.9. The van der Waals surface area contributed by atoms with Crippen molar-refractivity contribution >= 4 is 5.78 Å². The average Bonchev–Trinajstić information content (AvgIpc) is 2.85. The fourth-order valence-electron chi connectivity index (χ4n) is 1.89. The zero-order chi connectivity index (χ0) is 13.8. The highest BCUT2D eigenvalue weighted by molar-refractivity contribution is 6.00. The summed E-state index contributed by atoms with van der Waals surface area (Å²) in [6, 6.07) is 4.34. The Morgan fingerprint density at radius 2 is 2.26 bits per heavy atom. The van der Waals surface area contributed by atoms with E-state index in [2.05, 4.69) is 5.10 Å². The molecule has 0 aliphatic heterocycles. The Morgan fingerprint density at radius 3 is 2.89 bits per heavy atom. The van der Waals surface area contributed by atoms with E-state index in [-0.39, 0.29) is 23.5 Å². The molecule has 0 bridgehead atoms. The first-order chi connectivity index (χ1) is 9.15. The Kier molecular flexibility index (Phi) is 3.94. The van der Waals surface area contributed by atoms with Crippen molar-refractivity contribution in [2.45, 2.75) is 19.9 Å². The fourth-order valence-corrected chi connectivity index (χ4v) is 1.89. The van der Waals surface area contributed by atoms with Crippen LogP contribution in [0.1, 0.15) is 22.8 Å². The molecule has 1 aromatic heterocycles. The topological polar surface area (TPSA) is 44.1 Å². The predicted octanol–water partition coefficient (Wildman–Crippen LogP) is 2.48. The highest BCUT2D eigenvalue weighted by atomic mass is 19.1. The molecule has 0 atom stereocenters. The second-order valence-electron chi connectivity index (χ2n) is 4.12. The van der Waals surface area contributed by atoms with Crippen molar-refractivity contribution in [3.63, 3.8) is 0 Å². The van der Waals surface area contributed by atoms with Gasteiger partial charge < -0.3 is 4.74 Å². The molecule has 0 spiro atoms. The molecule has 2 rings (SSSR count). The van der Waals surface area contributed by atoms with E-state index in [1.54, 1.807) is 23.1 Å². The third-order valence-corrected chi connectivity index (χ3v) is 2.85. The molecule has 0 aliphatic rings. The van der Waals surface area contributed by atoms with Gasteiger partial charge in [-0.2, -0.15) is 5.10 Å². The minimum Gasteiger partial charge on any atom is -0.496 e. The lowest BCUT2D eigenvalue weighted by atomic mass is 10.0. The van der Waals surface area contributed by atoms with Crippen molar-refractivity contribution in [2.24, 2.45) is 0 Å². The van der Waals surface area contributed by atoms with Crippen LogP contribution < -0.4 is 4.74 Å². The van der Waals surface area contributed by atoms with Gasteiger partial charge in [0.2, 0.25) is 0 Å². The van der Waals surface area contributed by atoms with Gasteiger partial charge in [0.05, 0.1) is 18.9 Å². The first-order valence-corrected chi connectivity index (χ1v) is 6.02. The Labute approximate surface area is 110 Å². The summed E-state index contributed by atoms with van der Waals surface area (Å²) in [5, 5.41) is 4.09. The molecule has 0 aliphatic carbocycles. The maximum absolute atomic E-state index is 13.7. The molecule has 0 amide bonds. The summed E-state index contributed by atoms with van der Waals surface area (Å²) in [5.41, 5.74) is 0.756. The van der Waals surface area contributed by atoms with Gasteiger partial charge in [-0.15, -0.1) is 0 Å². The summed E-state index contributed by atoms with van der Waals surface area (Å²) < 4.78 is 20.5. The van der Waals surface area contributed by atoms with Crippen molar-refractivity contribution < 1.29 is 13.9 Å². The predicted molar refractivity (Wildman–Crippen MR) is 68.9 cm³/mol. The van der Waals surface area contributed by atoms with Crippen LogP contribution in [0.15, 0.2) is 30.6 Å². The Bertz CT molecular complexity index is 593. The number of nitrogens with zero attached hydrogens (tertiary/aromatic N) is 2. The third-order valence-electron chi connectivity index (χ3n) is 2.85. The van der Waals surface area contributed by atoms with Crippen LogP contribution in [-0.4, -0.2) is 22.7 Å². The van der Waals surface area contributed by atoms with Gasteiger partial charge in [0, 0.05) is 19.2 Å². The Morgan fingerprint density at radius 1 is 1.47 bits per heavy atom. The molecule has 5 heteroatoms. The maximum Gasteiger partial charge on any atom is 0.174 e. The van der Waals surface area contributed by atoms with Gasteiger partial charge in [-0.25, -0.2) is 4.39 Å². The highest BCUT2D eigenvalue weighted by Gasteiger charge is 2.18. The quantitative estimate of drug-likeness (QED) is 0.777. The molecule has 1 aromatic carbocycles. The van der Waals surface area contributed by atoms with Crippen LogP contribution in [0.4, 0.5) is 4.39 Å². The summed E-state index contributed by atoms with van der Waals surface area (Å²) >= 11 is 0. The third kappa shape index (κ3) is 2.81. The zero-order valence-electron chi connectivity index (χ0n) is 10.9. The molecule has 0 N–H and O–H groups in total. The van der Waals surface area contributed by atoms with Gasteiger partial charge in [-0.1, -0.05) is 6.07 Å². The van der Waals surface area contributed by atoms with Gasteiger partial charge in [0.15, 0.2) is 5.78 Å². The molecular formula is C14H15FN2O2. The number of aryl methyl sites for hydroxylation is 1. The van der Waals surface area contributed by atoms with Gasteiger partial charge in [-0.3, -0.25) is 9.48 Å². The lowest BCUT2D eigenvalue weighted by Gasteiger charge is -2.07. The second kappa shape index (κ2) is 5.65. The molecular weight excluding hydrogens is 247 g/mol. The lowest BCUT2D eigenvalue weighted by molar-refractivity contribution is 0.0986. The second-order valence-corrected chi connectivity index (χ2v) is 4.12. The minimum atomic E-state index is -0.563. The number of carbonyl (C=O) groups excluding carboxylic acids is 1. The summed E-state index contributed by atoms with van der Waals surface area (Å²) in [4.78, 5) is 12.2. The van der Waals surface area contributed by atoms with Gasteiger partial charge >= 0.3 is 0 Å². The van der Waals surface area contributed by atoms with E-state index in [0.29, 0.717) is 0 Å². The minimum absolute atomic E-state index is 0.00533. The molecule has 0 radical (unpaired) electrons. The number of benzene rings is 1. The number of methoxy groups -OCH3 is 1. The van der Waals surface area contributed by atoms with E-state index in [1.165, 1.54) is 19.2 Å². The van der Waals surface area contributed by atoms with Crippen LogP contribution in [0.3, 0.4) is 0 Å². The van der Waals surface area contributed by atoms with Crippen LogP contribution >= 0.6 is 0 Å². The van der Waals surface area contributed by atoms with Crippen LogP contribution in [0.5, 0.6) is 5.75 Å². The largest absolute Gasteiger partial charge is 0.496 e. The van der Waals surface area contributed by atoms with Crippen molar-refractivity contribution in [3.05, 3.63) is 47.5 Å².